The van der Waals surface area contributed by atoms with Crippen LogP contribution >= 0.6 is 0 Å². The predicted molar refractivity (Wildman–Crippen MR) is 406 cm³/mol. The number of carbonyl (C=O) groups is 9. The number of aryl methyl sites for hydroxylation is 2. The lowest BCUT2D eigenvalue weighted by molar-refractivity contribution is -0.143. The van der Waals surface area contributed by atoms with Gasteiger partial charge in [0.25, 0.3) is 47.0 Å². The predicted octanol–water partition coefficient (Wildman–Crippen LogP) is 11.0. The zero-order valence-corrected chi connectivity index (χ0v) is 63.9. The number of piperidine rings is 2. The average molecular weight is 1490 g/mol. The molecule has 4 aliphatic heterocycles. The number of fused-ring (bicyclic) bond motifs is 3. The number of rotatable bonds is 17. The molecule has 12 rings (SSSR count). The van der Waals surface area contributed by atoms with E-state index in [4.69, 9.17) is 9.47 Å². The van der Waals surface area contributed by atoms with Gasteiger partial charge >= 0.3 is 0 Å². The van der Waals surface area contributed by atoms with Crippen molar-refractivity contribution >= 4 is 86.0 Å². The summed E-state index contributed by atoms with van der Waals surface area (Å²) in [5.41, 5.74) is 6.98. The van der Waals surface area contributed by atoms with Crippen LogP contribution in [0.25, 0.3) is 21.8 Å². The monoisotopic (exact) mass is 1490 g/mol. The van der Waals surface area contributed by atoms with E-state index in [0.29, 0.717) is 88.4 Å². The van der Waals surface area contributed by atoms with Crippen molar-refractivity contribution in [3.8, 4) is 11.5 Å². The van der Waals surface area contributed by atoms with Gasteiger partial charge in [0.15, 0.2) is 0 Å². The van der Waals surface area contributed by atoms with Gasteiger partial charge in [-0.1, -0.05) is 24.3 Å². The van der Waals surface area contributed by atoms with E-state index in [-0.39, 0.29) is 108 Å². The van der Waals surface area contributed by atoms with Crippen molar-refractivity contribution < 1.29 is 70.2 Å². The molecule has 2 aromatic heterocycles. The van der Waals surface area contributed by atoms with E-state index >= 15 is 4.39 Å². The molecule has 0 saturated carbocycles. The van der Waals surface area contributed by atoms with E-state index < -0.39 is 46.7 Å². The molecule has 3 saturated heterocycles. The summed E-state index contributed by atoms with van der Waals surface area (Å²) in [5.74, 6) is -4.97. The number of nitrogens with zero attached hydrogens (tertiary/aromatic N) is 9. The van der Waals surface area contributed by atoms with Crippen LogP contribution in [0.4, 0.5) is 28.9 Å². The van der Waals surface area contributed by atoms with Gasteiger partial charge in [-0.3, -0.25) is 48.1 Å². The summed E-state index contributed by atoms with van der Waals surface area (Å²) < 4.78 is 66.3. The van der Waals surface area contributed by atoms with Crippen molar-refractivity contribution in [3.05, 3.63) is 189 Å². The molecule has 3 fully saturated rings. The highest BCUT2D eigenvalue weighted by Crippen LogP contribution is 2.41. The molecule has 8 aromatic rings. The van der Waals surface area contributed by atoms with E-state index in [0.717, 1.165) is 40.9 Å². The van der Waals surface area contributed by atoms with Crippen LogP contribution in [0, 0.1) is 31.3 Å². The van der Waals surface area contributed by atoms with Crippen LogP contribution in [0.15, 0.2) is 115 Å². The minimum atomic E-state index is -1.49. The number of ether oxygens (including phenoxy) is 2. The number of ketones is 3. The van der Waals surface area contributed by atoms with Crippen molar-refractivity contribution in [2.75, 3.05) is 126 Å². The minimum absolute atomic E-state index is 0.0483. The number of alkyl halides is 1. The summed E-state index contributed by atoms with van der Waals surface area (Å²) >= 11 is 0. The maximum absolute atomic E-state index is 15.5. The lowest BCUT2D eigenvalue weighted by Gasteiger charge is -2.46. The molecular formula is C82H95F4N11O11. The van der Waals surface area contributed by atoms with Gasteiger partial charge in [-0.25, -0.2) is 17.6 Å². The smallest absolute Gasteiger partial charge is 0.294 e. The summed E-state index contributed by atoms with van der Waals surface area (Å²) in [6, 6.07) is 29.3. The Kier molecular flexibility index (Phi) is 24.4. The quantitative estimate of drug-likeness (QED) is 0.0491. The average Bonchev–Trinajstić information content (AvgIpc) is 1.59. The van der Waals surface area contributed by atoms with Crippen LogP contribution in [0.3, 0.4) is 0 Å². The topological polar surface area (TPSA) is 233 Å². The molecular weight excluding hydrogens is 1390 g/mol. The Morgan fingerprint density at radius 2 is 1.10 bits per heavy atom. The molecule has 6 amide bonds. The largest absolute Gasteiger partial charge is 0.496 e. The molecule has 22 nitrogen and oxygen atoms in total. The van der Waals surface area contributed by atoms with Gasteiger partial charge < -0.3 is 58.6 Å². The molecule has 0 aliphatic carbocycles. The first-order valence-corrected chi connectivity index (χ1v) is 36.0. The SMILES string of the molecule is COc1cc2[nH]c(C)c(C(=O)C(=O)N(C)C)c2cc1C(=O)N1C[C@H](C)N(C(C)c2ccc(F)cc2)C[C@H]1C.COc1cc2[nH]cc(C(=O)C(=O)N(C)C)c2cc1C(=O)N1CCC(F)(Cc2ccc(F)cc2)CC1.Cc1cc2c(cc1C(=O)N1CCC(N(C)c3ccc(F)cc3)CC1)C(C(=O)C(=O)N(C)C)CN2C. The first-order valence-electron chi connectivity index (χ1n) is 36.0. The van der Waals surface area contributed by atoms with E-state index in [2.05, 4.69) is 33.6 Å². The number of aromatic amines is 2. The standard InChI is InChI=1S/C29H35FN4O4.C27H33FN4O3.C26H27F2N3O4/c1-16-15-34(17(2)14-33(16)19(4)20-8-10-21(30)11-9-20)28(36)23-12-22-24(13-25(23)38-7)31-18(3)26(22)27(35)29(37)32(5)6;1-17-14-24-22(23(16-30(24)4)25(33)27(35)29(2)3)15-21(17)26(34)32-12-10-20(11-13-32)31(5)19-8-6-18(28)7-9-19;1-30(2)25(34)23(32)20-15-29-21-13-22(35-3)19(12-18(20)21)24(33)31-10-8-26(28,9-11-31)14-16-4-6-17(27)7-5-16/h8-13,16-17,19,31H,14-15H2,1-7H3;6-9,14-15,20,23H,10-13,16H2,1-5H3;4-7,12-13,15,29H,8-11,14H2,1-3H3/t16-,17+,19?;;/m0../s1. The lowest BCUT2D eigenvalue weighted by Crippen LogP contribution is -2.58. The molecule has 0 bridgehead atoms. The molecule has 6 aromatic carbocycles. The molecule has 4 atom stereocenters. The molecule has 0 spiro atoms. The van der Waals surface area contributed by atoms with Crippen LogP contribution < -0.4 is 19.3 Å². The van der Waals surface area contributed by atoms with Gasteiger partial charge in [-0.15, -0.1) is 0 Å². The Bertz CT molecular complexity index is 4730. The van der Waals surface area contributed by atoms with Gasteiger partial charge in [-0.05, 0) is 155 Å². The fraction of sp³-hybridized carbons (Fsp3) is 0.402. The first-order chi connectivity index (χ1) is 51.1. The summed E-state index contributed by atoms with van der Waals surface area (Å²) in [7, 11) is 16.0. The normalized spacial score (nSPS) is 17.3. The zero-order valence-electron chi connectivity index (χ0n) is 63.9. The molecule has 6 heterocycles. The van der Waals surface area contributed by atoms with E-state index in [1.807, 2.05) is 54.8 Å². The minimum Gasteiger partial charge on any atom is -0.496 e. The van der Waals surface area contributed by atoms with Crippen LogP contribution in [0.5, 0.6) is 11.5 Å². The summed E-state index contributed by atoms with van der Waals surface area (Å²) in [5, 5.41) is 0.943. The highest BCUT2D eigenvalue weighted by molar-refractivity contribution is 6.46. The van der Waals surface area contributed by atoms with Gasteiger partial charge in [0.1, 0.15) is 34.6 Å². The number of hydrogen-bond donors (Lipinski definition) is 2. The van der Waals surface area contributed by atoms with Crippen molar-refractivity contribution in [1.82, 2.24) is 44.3 Å². The number of likely N-dealkylation sites (N-methyl/N-ethyl adjacent to an activating group) is 4. The Balaban J connectivity index is 0.000000173. The maximum Gasteiger partial charge on any atom is 0.294 e. The first kappa shape index (κ1) is 79.7. The van der Waals surface area contributed by atoms with Gasteiger partial charge in [0.05, 0.1) is 47.9 Å². The highest BCUT2D eigenvalue weighted by Gasteiger charge is 2.41. The van der Waals surface area contributed by atoms with Crippen LogP contribution in [0.2, 0.25) is 0 Å². The molecule has 0 radical (unpaired) electrons. The van der Waals surface area contributed by atoms with Crippen molar-refractivity contribution in [2.24, 2.45) is 0 Å². The zero-order chi connectivity index (χ0) is 78.7. The highest BCUT2D eigenvalue weighted by atomic mass is 19.1. The molecule has 26 heteroatoms. The molecule has 108 heavy (non-hydrogen) atoms. The number of halogens is 4. The number of amides is 6. The number of benzene rings is 6. The number of nitrogens with one attached hydrogen (secondary N) is 2. The molecule has 572 valence electrons. The Labute approximate surface area is 626 Å². The Morgan fingerprint density at radius 3 is 1.68 bits per heavy atom. The number of methoxy groups -OCH3 is 2. The molecule has 2 N–H and O–H groups in total. The van der Waals surface area contributed by atoms with Crippen LogP contribution in [0.1, 0.15) is 138 Å². The third-order valence-corrected chi connectivity index (χ3v) is 21.3. The van der Waals surface area contributed by atoms with Gasteiger partial charge in [-0.2, -0.15) is 0 Å². The van der Waals surface area contributed by atoms with Crippen molar-refractivity contribution in [2.45, 2.75) is 102 Å². The number of H-pyrrole nitrogens is 2. The third kappa shape index (κ3) is 16.9. The van der Waals surface area contributed by atoms with Crippen molar-refractivity contribution in [1.29, 1.82) is 0 Å². The van der Waals surface area contributed by atoms with Gasteiger partial charge in [0, 0.05) is 190 Å². The number of hydrogen-bond acceptors (Lipinski definition) is 14. The second-order valence-electron chi connectivity index (χ2n) is 29.2. The lowest BCUT2D eigenvalue weighted by atomic mass is 9.86. The number of Topliss-reactive ketones (excluding diaryl/α,β-unsaturated/α-hetero) is 3. The van der Waals surface area contributed by atoms with Crippen LogP contribution in [-0.4, -0.2) is 237 Å². The number of piperazine rings is 1. The fourth-order valence-corrected chi connectivity index (χ4v) is 14.9. The van der Waals surface area contributed by atoms with Crippen LogP contribution in [-0.2, 0) is 25.6 Å². The number of likely N-dealkylation sites (tertiary alicyclic amines) is 2. The fourth-order valence-electron chi connectivity index (χ4n) is 14.9. The second kappa shape index (κ2) is 33.1. The third-order valence-electron chi connectivity index (χ3n) is 21.3. The van der Waals surface area contributed by atoms with E-state index in [1.54, 1.807) is 86.6 Å². The Hall–Kier alpha value is -10.9. The summed E-state index contributed by atoms with van der Waals surface area (Å²) in [4.78, 5) is 138. The van der Waals surface area contributed by atoms with E-state index in [1.165, 1.54) is 99.7 Å². The van der Waals surface area contributed by atoms with E-state index in [9.17, 15) is 56.3 Å². The maximum atomic E-state index is 15.5. The second-order valence-corrected chi connectivity index (χ2v) is 29.2. The van der Waals surface area contributed by atoms with Crippen molar-refractivity contribution in [3.63, 3.8) is 0 Å². The number of anilines is 2. The summed E-state index contributed by atoms with van der Waals surface area (Å²) in [6.45, 7) is 13.0. The Morgan fingerprint density at radius 1 is 0.583 bits per heavy atom. The summed E-state index contributed by atoms with van der Waals surface area (Å²) in [6.07, 6.45) is 3.50. The number of aromatic nitrogens is 2. The number of carbonyl (C=O) groups excluding carboxylic acids is 9. The molecule has 2 unspecified atom stereocenters. The molecule has 4 aliphatic rings. The van der Waals surface area contributed by atoms with Gasteiger partial charge in [0.2, 0.25) is 5.78 Å².